The number of carbonyl (C=O) groups is 1. The third kappa shape index (κ3) is 5.89. The number of benzene rings is 2. The van der Waals surface area contributed by atoms with Crippen LogP contribution in [0.1, 0.15) is 31.7 Å². The molecule has 1 aliphatic heterocycles. The van der Waals surface area contributed by atoms with Crippen molar-refractivity contribution in [3.63, 3.8) is 0 Å². The summed E-state index contributed by atoms with van der Waals surface area (Å²) in [5.74, 6) is -0.738. The quantitative estimate of drug-likeness (QED) is 0.353. The Bertz CT molecular complexity index is 1560. The SMILES string of the molecule is C#CCC(C)(C)c1nnc(-c2cc3c(cc2F)S(=O)(=O)C[C@H](N)C(=O)N3Cc2ccc(OC(F)(F)F)cc2)o1. The van der Waals surface area contributed by atoms with Gasteiger partial charge in [-0.25, -0.2) is 12.8 Å². The largest absolute Gasteiger partial charge is 0.573 e. The second-order valence-corrected chi connectivity index (χ2v) is 11.5. The van der Waals surface area contributed by atoms with Crippen LogP contribution in [0.2, 0.25) is 0 Å². The fraction of sp³-hybridized carbons (Fsp3) is 0.320. The van der Waals surface area contributed by atoms with Gasteiger partial charge in [0.05, 0.1) is 39.9 Å². The van der Waals surface area contributed by atoms with E-state index >= 15 is 4.39 Å². The zero-order valence-electron chi connectivity index (χ0n) is 20.6. The lowest BCUT2D eigenvalue weighted by molar-refractivity contribution is -0.274. The predicted molar refractivity (Wildman–Crippen MR) is 131 cm³/mol. The van der Waals surface area contributed by atoms with Crippen molar-refractivity contribution < 1.29 is 39.9 Å². The third-order valence-corrected chi connectivity index (χ3v) is 7.73. The van der Waals surface area contributed by atoms with Crippen molar-refractivity contribution in [3.05, 3.63) is 53.7 Å². The molecule has 0 aliphatic carbocycles. The van der Waals surface area contributed by atoms with Gasteiger partial charge in [-0.3, -0.25) is 4.79 Å². The Hall–Kier alpha value is -3.96. The summed E-state index contributed by atoms with van der Waals surface area (Å²) in [6.07, 6.45) is 0.734. The number of anilines is 1. The van der Waals surface area contributed by atoms with Gasteiger partial charge in [0, 0.05) is 6.42 Å². The number of rotatable bonds is 6. The zero-order chi connectivity index (χ0) is 28.8. The van der Waals surface area contributed by atoms with Gasteiger partial charge in [-0.2, -0.15) is 0 Å². The van der Waals surface area contributed by atoms with Crippen LogP contribution in [0.4, 0.5) is 23.2 Å². The minimum Gasteiger partial charge on any atom is -0.420 e. The Morgan fingerprint density at radius 3 is 2.49 bits per heavy atom. The molecular weight excluding hydrogens is 544 g/mol. The minimum absolute atomic E-state index is 0.119. The number of carbonyl (C=O) groups excluding carboxylic acids is 1. The maximum atomic E-state index is 15.3. The van der Waals surface area contributed by atoms with Crippen molar-refractivity contribution in [1.82, 2.24) is 10.2 Å². The second-order valence-electron chi connectivity index (χ2n) is 9.48. The van der Waals surface area contributed by atoms with Crippen molar-refractivity contribution in [3.8, 4) is 29.5 Å². The molecule has 0 unspecified atom stereocenters. The van der Waals surface area contributed by atoms with Crippen molar-refractivity contribution in [2.45, 2.75) is 49.5 Å². The lowest BCUT2D eigenvalue weighted by Crippen LogP contribution is -2.45. The van der Waals surface area contributed by atoms with Crippen LogP contribution in [0.15, 0.2) is 45.7 Å². The van der Waals surface area contributed by atoms with Crippen LogP contribution in [0.5, 0.6) is 5.75 Å². The number of amides is 1. The molecule has 0 saturated carbocycles. The average Bonchev–Trinajstić information content (AvgIpc) is 3.31. The van der Waals surface area contributed by atoms with Crippen LogP contribution in [-0.4, -0.2) is 42.7 Å². The number of alkyl halides is 3. The number of nitrogens with zero attached hydrogens (tertiary/aromatic N) is 3. The van der Waals surface area contributed by atoms with Crippen LogP contribution in [0.25, 0.3) is 11.5 Å². The molecule has 1 amide bonds. The molecule has 2 heterocycles. The first-order valence-electron chi connectivity index (χ1n) is 11.4. The highest BCUT2D eigenvalue weighted by molar-refractivity contribution is 7.91. The standard InChI is InChI=1S/C25H22F4N4O5S/c1-4-9-24(2,3)23-32-31-21(37-23)16-10-19-20(11-17(16)26)39(35,36)13-18(30)22(34)33(19)12-14-5-7-15(8-6-14)38-25(27,28)29/h1,5-8,10-11,18H,9,12-13,30H2,2-3H3/t18-/m0/s1. The Labute approximate surface area is 220 Å². The normalized spacial score (nSPS) is 17.3. The second kappa shape index (κ2) is 9.97. The summed E-state index contributed by atoms with van der Waals surface area (Å²) in [6, 6.07) is 4.96. The highest BCUT2D eigenvalue weighted by Gasteiger charge is 2.38. The molecule has 0 spiro atoms. The smallest absolute Gasteiger partial charge is 0.420 e. The van der Waals surface area contributed by atoms with Crippen molar-refractivity contribution in [2.75, 3.05) is 10.7 Å². The first-order valence-corrected chi connectivity index (χ1v) is 13.0. The van der Waals surface area contributed by atoms with Crippen LogP contribution in [-0.2, 0) is 26.6 Å². The number of fused-ring (bicyclic) bond motifs is 1. The van der Waals surface area contributed by atoms with Gasteiger partial charge in [0.1, 0.15) is 11.6 Å². The van der Waals surface area contributed by atoms with E-state index in [0.29, 0.717) is 5.56 Å². The molecular formula is C25H22F4N4O5S. The summed E-state index contributed by atoms with van der Waals surface area (Å²) in [4.78, 5) is 13.7. The molecule has 0 radical (unpaired) electrons. The summed E-state index contributed by atoms with van der Waals surface area (Å²) in [5, 5.41) is 7.82. The van der Waals surface area contributed by atoms with E-state index in [1.807, 2.05) is 0 Å². The highest BCUT2D eigenvalue weighted by atomic mass is 32.2. The highest BCUT2D eigenvalue weighted by Crippen LogP contribution is 2.38. The number of hydrogen-bond acceptors (Lipinski definition) is 8. The van der Waals surface area contributed by atoms with Gasteiger partial charge in [0.25, 0.3) is 5.89 Å². The molecule has 2 aromatic carbocycles. The first-order chi connectivity index (χ1) is 18.1. The maximum absolute atomic E-state index is 15.3. The van der Waals surface area contributed by atoms with E-state index in [-0.39, 0.29) is 36.0 Å². The van der Waals surface area contributed by atoms with E-state index in [9.17, 15) is 26.4 Å². The molecule has 0 bridgehead atoms. The molecule has 3 aromatic rings. The van der Waals surface area contributed by atoms with E-state index in [0.717, 1.165) is 29.2 Å². The lowest BCUT2D eigenvalue weighted by Gasteiger charge is -2.24. The first kappa shape index (κ1) is 28.1. The molecule has 0 saturated heterocycles. The van der Waals surface area contributed by atoms with Gasteiger partial charge in [-0.05, 0) is 29.8 Å². The molecule has 9 nitrogen and oxygen atoms in total. The number of ether oxygens (including phenoxy) is 1. The Morgan fingerprint density at radius 1 is 1.21 bits per heavy atom. The predicted octanol–water partition coefficient (Wildman–Crippen LogP) is 3.72. The fourth-order valence-electron chi connectivity index (χ4n) is 3.96. The number of sulfone groups is 1. The molecule has 1 aromatic heterocycles. The summed E-state index contributed by atoms with van der Waals surface area (Å²) in [6.45, 7) is 3.20. The summed E-state index contributed by atoms with van der Waals surface area (Å²) in [5.41, 5.74) is 4.97. The molecule has 2 N–H and O–H groups in total. The molecule has 1 aliphatic rings. The van der Waals surface area contributed by atoms with Crippen molar-refractivity contribution in [2.24, 2.45) is 5.73 Å². The molecule has 206 valence electrons. The zero-order valence-corrected chi connectivity index (χ0v) is 21.4. The number of aromatic nitrogens is 2. The lowest BCUT2D eigenvalue weighted by atomic mass is 9.90. The number of hydrogen-bond donors (Lipinski definition) is 1. The summed E-state index contributed by atoms with van der Waals surface area (Å²) < 4.78 is 88.3. The van der Waals surface area contributed by atoms with Crippen molar-refractivity contribution >= 4 is 21.4 Å². The van der Waals surface area contributed by atoms with Crippen LogP contribution in [0.3, 0.4) is 0 Å². The molecule has 4 rings (SSSR count). The van der Waals surface area contributed by atoms with Crippen LogP contribution in [0, 0.1) is 18.2 Å². The Kier molecular flexibility index (Phi) is 7.18. The third-order valence-electron chi connectivity index (χ3n) is 5.93. The van der Waals surface area contributed by atoms with Gasteiger partial charge in [-0.1, -0.05) is 26.0 Å². The van der Waals surface area contributed by atoms with Crippen molar-refractivity contribution in [1.29, 1.82) is 0 Å². The van der Waals surface area contributed by atoms with Gasteiger partial charge < -0.3 is 19.8 Å². The van der Waals surface area contributed by atoms with Gasteiger partial charge >= 0.3 is 6.36 Å². The average molecular weight is 567 g/mol. The minimum atomic E-state index is -4.90. The Balaban J connectivity index is 1.80. The van der Waals surface area contributed by atoms with E-state index in [2.05, 4.69) is 20.9 Å². The monoisotopic (exact) mass is 566 g/mol. The van der Waals surface area contributed by atoms with Gasteiger partial charge in [0.2, 0.25) is 11.8 Å². The number of halogens is 4. The molecule has 0 fully saturated rings. The number of nitrogens with two attached hydrogens (primary N) is 1. The van der Waals surface area contributed by atoms with E-state index in [1.54, 1.807) is 13.8 Å². The van der Waals surface area contributed by atoms with Gasteiger partial charge in [-0.15, -0.1) is 35.7 Å². The molecule has 14 heteroatoms. The molecule has 1 atom stereocenters. The van der Waals surface area contributed by atoms with Crippen LogP contribution >= 0.6 is 0 Å². The van der Waals surface area contributed by atoms with E-state index < -0.39 is 55.8 Å². The summed E-state index contributed by atoms with van der Waals surface area (Å²) >= 11 is 0. The maximum Gasteiger partial charge on any atom is 0.573 e. The number of terminal acetylenes is 1. The Morgan fingerprint density at radius 2 is 1.87 bits per heavy atom. The van der Waals surface area contributed by atoms with Gasteiger partial charge in [0.15, 0.2) is 9.84 Å². The summed E-state index contributed by atoms with van der Waals surface area (Å²) in [7, 11) is -4.22. The molecule has 39 heavy (non-hydrogen) atoms. The van der Waals surface area contributed by atoms with Crippen LogP contribution < -0.4 is 15.4 Å². The fourth-order valence-corrected chi connectivity index (χ4v) is 5.53. The van der Waals surface area contributed by atoms with E-state index in [1.165, 1.54) is 12.1 Å². The topological polar surface area (TPSA) is 129 Å². The van der Waals surface area contributed by atoms with E-state index in [4.69, 9.17) is 16.6 Å².